The highest BCUT2D eigenvalue weighted by atomic mass is 16.5. The van der Waals surface area contributed by atoms with E-state index in [1.54, 1.807) is 0 Å². The highest BCUT2D eigenvalue weighted by molar-refractivity contribution is 5.85. The largest absolute Gasteiger partial charge is 0.481 e. The molecule has 102 valence electrons. The van der Waals surface area contributed by atoms with E-state index in [1.165, 1.54) is 12.0 Å². The second-order valence-electron chi connectivity index (χ2n) is 4.37. The van der Waals surface area contributed by atoms with Gasteiger partial charge in [-0.2, -0.15) is 0 Å². The number of carboxylic acids is 1. The molecule has 6 nitrogen and oxygen atoms in total. The first-order valence-corrected chi connectivity index (χ1v) is 6.15. The minimum Gasteiger partial charge on any atom is -0.481 e. The summed E-state index contributed by atoms with van der Waals surface area (Å²) in [5, 5.41) is 8.52. The number of hydrogen-bond donors (Lipinski definition) is 1. The van der Waals surface area contributed by atoms with Gasteiger partial charge in [0.2, 0.25) is 5.91 Å². The Kier molecular flexibility index (Phi) is 5.61. The fourth-order valence-electron chi connectivity index (χ4n) is 2.15. The molecule has 1 atom stereocenters. The monoisotopic (exact) mass is 257 g/mol. The smallest absolute Gasteiger partial charge is 0.328 e. The van der Waals surface area contributed by atoms with Crippen LogP contribution in [0.15, 0.2) is 0 Å². The van der Waals surface area contributed by atoms with Crippen LogP contribution in [0.4, 0.5) is 0 Å². The fraction of sp³-hybridized carbons (Fsp3) is 0.750. The van der Waals surface area contributed by atoms with Gasteiger partial charge in [0, 0.05) is 19.4 Å². The van der Waals surface area contributed by atoms with Crippen molar-refractivity contribution in [2.45, 2.75) is 44.6 Å². The van der Waals surface area contributed by atoms with Crippen LogP contribution in [-0.2, 0) is 19.1 Å². The van der Waals surface area contributed by atoms with E-state index in [9.17, 15) is 14.4 Å². The molecule has 18 heavy (non-hydrogen) atoms. The van der Waals surface area contributed by atoms with Gasteiger partial charge in [-0.05, 0) is 25.7 Å². The average Bonchev–Trinajstić information content (AvgIpc) is 2.37. The molecule has 1 aliphatic rings. The second-order valence-corrected chi connectivity index (χ2v) is 4.37. The summed E-state index contributed by atoms with van der Waals surface area (Å²) in [6, 6.07) is -0.499. The van der Waals surface area contributed by atoms with Gasteiger partial charge in [-0.1, -0.05) is 0 Å². The van der Waals surface area contributed by atoms with Crippen molar-refractivity contribution in [2.75, 3.05) is 13.7 Å². The fourth-order valence-corrected chi connectivity index (χ4v) is 2.15. The maximum absolute atomic E-state index is 11.9. The predicted octanol–water partition coefficient (Wildman–Crippen LogP) is 0.795. The van der Waals surface area contributed by atoms with E-state index in [0.29, 0.717) is 19.4 Å². The number of carboxylic acid groups (broad SMARTS) is 1. The lowest BCUT2D eigenvalue weighted by atomic mass is 10.0. The van der Waals surface area contributed by atoms with Crippen LogP contribution in [0.2, 0.25) is 0 Å². The molecular weight excluding hydrogens is 238 g/mol. The first-order valence-electron chi connectivity index (χ1n) is 6.15. The van der Waals surface area contributed by atoms with Crippen LogP contribution in [0.3, 0.4) is 0 Å². The Hall–Kier alpha value is -1.59. The lowest BCUT2D eigenvalue weighted by Crippen LogP contribution is -2.48. The molecule has 1 saturated heterocycles. The molecule has 1 aliphatic heterocycles. The summed E-state index contributed by atoms with van der Waals surface area (Å²) >= 11 is 0. The summed E-state index contributed by atoms with van der Waals surface area (Å²) in [5.41, 5.74) is 0. The molecule has 1 fully saturated rings. The van der Waals surface area contributed by atoms with Crippen LogP contribution in [0.5, 0.6) is 0 Å². The summed E-state index contributed by atoms with van der Waals surface area (Å²) in [7, 11) is 1.31. The Morgan fingerprint density at radius 1 is 1.28 bits per heavy atom. The Bertz CT molecular complexity index is 328. The van der Waals surface area contributed by atoms with Gasteiger partial charge in [0.05, 0.1) is 7.11 Å². The van der Waals surface area contributed by atoms with Crippen LogP contribution >= 0.6 is 0 Å². The number of esters is 1. The number of amides is 1. The minimum absolute atomic E-state index is 0.0253. The van der Waals surface area contributed by atoms with Gasteiger partial charge in [-0.3, -0.25) is 9.59 Å². The number of nitrogens with zero attached hydrogens (tertiary/aromatic N) is 1. The van der Waals surface area contributed by atoms with E-state index < -0.39 is 12.0 Å². The van der Waals surface area contributed by atoms with Crippen molar-refractivity contribution in [3.63, 3.8) is 0 Å². The quantitative estimate of drug-likeness (QED) is 0.736. The summed E-state index contributed by atoms with van der Waals surface area (Å²) in [6.07, 6.45) is 2.84. The highest BCUT2D eigenvalue weighted by Gasteiger charge is 2.32. The zero-order valence-corrected chi connectivity index (χ0v) is 10.6. The SMILES string of the molecule is COC(=O)C1CCCCN1C(=O)CCCC(=O)O. The van der Waals surface area contributed by atoms with E-state index in [-0.39, 0.29) is 24.7 Å². The van der Waals surface area contributed by atoms with Crippen molar-refractivity contribution in [2.24, 2.45) is 0 Å². The van der Waals surface area contributed by atoms with E-state index in [1.807, 2.05) is 0 Å². The maximum Gasteiger partial charge on any atom is 0.328 e. The van der Waals surface area contributed by atoms with E-state index in [2.05, 4.69) is 4.74 Å². The average molecular weight is 257 g/mol. The number of hydrogen-bond acceptors (Lipinski definition) is 4. The third-order valence-corrected chi connectivity index (χ3v) is 3.08. The van der Waals surface area contributed by atoms with Gasteiger partial charge >= 0.3 is 11.9 Å². The molecule has 1 rings (SSSR count). The van der Waals surface area contributed by atoms with Gasteiger partial charge in [0.1, 0.15) is 6.04 Å². The number of methoxy groups -OCH3 is 1. The van der Waals surface area contributed by atoms with Gasteiger partial charge < -0.3 is 14.7 Å². The van der Waals surface area contributed by atoms with Crippen LogP contribution < -0.4 is 0 Å². The zero-order chi connectivity index (χ0) is 13.5. The van der Waals surface area contributed by atoms with Crippen molar-refractivity contribution >= 4 is 17.8 Å². The Morgan fingerprint density at radius 3 is 2.61 bits per heavy atom. The summed E-state index contributed by atoms with van der Waals surface area (Å²) in [4.78, 5) is 35.4. The number of rotatable bonds is 5. The van der Waals surface area contributed by atoms with E-state index in [4.69, 9.17) is 5.11 Å². The molecule has 1 heterocycles. The van der Waals surface area contributed by atoms with Crippen molar-refractivity contribution < 1.29 is 24.2 Å². The lowest BCUT2D eigenvalue weighted by molar-refractivity contribution is -0.154. The number of piperidine rings is 1. The molecule has 1 N–H and O–H groups in total. The molecule has 0 aromatic carbocycles. The molecule has 0 saturated carbocycles. The third kappa shape index (κ3) is 4.01. The lowest BCUT2D eigenvalue weighted by Gasteiger charge is -2.33. The number of carbonyl (C=O) groups excluding carboxylic acids is 2. The molecule has 0 aromatic rings. The Morgan fingerprint density at radius 2 is 2.00 bits per heavy atom. The van der Waals surface area contributed by atoms with E-state index >= 15 is 0 Å². The molecule has 6 heteroatoms. The Balaban J connectivity index is 2.52. The van der Waals surface area contributed by atoms with Gasteiger partial charge in [0.25, 0.3) is 0 Å². The Labute approximate surface area is 106 Å². The number of likely N-dealkylation sites (tertiary alicyclic amines) is 1. The highest BCUT2D eigenvalue weighted by Crippen LogP contribution is 2.19. The molecule has 0 aromatic heterocycles. The summed E-state index contributed by atoms with van der Waals surface area (Å²) in [6.45, 7) is 0.547. The predicted molar refractivity (Wildman–Crippen MR) is 62.9 cm³/mol. The van der Waals surface area contributed by atoms with Crippen molar-refractivity contribution in [3.05, 3.63) is 0 Å². The van der Waals surface area contributed by atoms with Crippen LogP contribution in [0.25, 0.3) is 0 Å². The third-order valence-electron chi connectivity index (χ3n) is 3.08. The van der Waals surface area contributed by atoms with Crippen LogP contribution in [0.1, 0.15) is 38.5 Å². The van der Waals surface area contributed by atoms with Crippen molar-refractivity contribution in [3.8, 4) is 0 Å². The number of aliphatic carboxylic acids is 1. The summed E-state index contributed by atoms with van der Waals surface area (Å²) in [5.74, 6) is -1.46. The van der Waals surface area contributed by atoms with Gasteiger partial charge in [-0.15, -0.1) is 0 Å². The molecule has 0 aliphatic carbocycles. The van der Waals surface area contributed by atoms with Gasteiger partial charge in [-0.25, -0.2) is 4.79 Å². The zero-order valence-electron chi connectivity index (χ0n) is 10.6. The normalized spacial score (nSPS) is 19.4. The number of ether oxygens (including phenoxy) is 1. The van der Waals surface area contributed by atoms with Crippen molar-refractivity contribution in [1.82, 2.24) is 4.90 Å². The minimum atomic E-state index is -0.911. The van der Waals surface area contributed by atoms with Crippen LogP contribution in [-0.4, -0.2) is 47.5 Å². The standard InChI is InChI=1S/C12H19NO5/c1-18-12(17)9-5-2-3-8-13(9)10(14)6-4-7-11(15)16/h9H,2-8H2,1H3,(H,15,16). The van der Waals surface area contributed by atoms with Crippen LogP contribution in [0, 0.1) is 0 Å². The molecular formula is C12H19NO5. The first-order chi connectivity index (χ1) is 8.56. The molecule has 0 bridgehead atoms. The number of carbonyl (C=O) groups is 3. The molecule has 0 radical (unpaired) electrons. The topological polar surface area (TPSA) is 83.9 Å². The molecule has 1 unspecified atom stereocenters. The second kappa shape index (κ2) is 6.98. The molecule has 1 amide bonds. The van der Waals surface area contributed by atoms with Crippen molar-refractivity contribution in [1.29, 1.82) is 0 Å². The summed E-state index contributed by atoms with van der Waals surface area (Å²) < 4.78 is 4.69. The van der Waals surface area contributed by atoms with Gasteiger partial charge in [0.15, 0.2) is 0 Å². The van der Waals surface area contributed by atoms with E-state index in [0.717, 1.165) is 12.8 Å². The molecule has 0 spiro atoms. The maximum atomic E-state index is 11.9. The first kappa shape index (κ1) is 14.5.